The van der Waals surface area contributed by atoms with Crippen molar-refractivity contribution >= 4 is 0 Å². The van der Waals surface area contributed by atoms with Crippen molar-refractivity contribution in [1.29, 1.82) is 0 Å². The van der Waals surface area contributed by atoms with Crippen LogP contribution in [0.4, 0.5) is 0 Å². The molecule has 0 radical (unpaired) electrons. The van der Waals surface area contributed by atoms with Crippen molar-refractivity contribution in [1.82, 2.24) is 0 Å². The number of nitrogens with two attached hydrogens (primary N) is 1. The molecule has 1 aliphatic carbocycles. The molecule has 0 aliphatic heterocycles. The second kappa shape index (κ2) is 3.95. The van der Waals surface area contributed by atoms with Crippen LogP contribution in [0, 0.1) is 22.7 Å². The molecule has 0 aromatic carbocycles. The SMILES string of the molecule is CCC1(C(N)CC#CC(C)(C)C)CC1. The lowest BCUT2D eigenvalue weighted by Crippen LogP contribution is -2.30. The summed E-state index contributed by atoms with van der Waals surface area (Å²) in [5.41, 5.74) is 6.72. The molecule has 1 unspecified atom stereocenters. The minimum Gasteiger partial charge on any atom is -0.326 e. The van der Waals surface area contributed by atoms with Crippen LogP contribution in [0.25, 0.3) is 0 Å². The Balaban J connectivity index is 2.41. The molecule has 1 aliphatic rings. The molecule has 0 amide bonds. The molecule has 0 bridgehead atoms. The van der Waals surface area contributed by atoms with E-state index < -0.39 is 0 Å². The topological polar surface area (TPSA) is 26.0 Å². The summed E-state index contributed by atoms with van der Waals surface area (Å²) in [4.78, 5) is 0. The highest BCUT2D eigenvalue weighted by molar-refractivity contribution is 5.11. The van der Waals surface area contributed by atoms with Gasteiger partial charge in [0.05, 0.1) is 0 Å². The molecular weight excluding hydrogens is 170 g/mol. The molecular formula is C13H23N. The summed E-state index contributed by atoms with van der Waals surface area (Å²) in [5, 5.41) is 0. The van der Waals surface area contributed by atoms with Crippen LogP contribution in [-0.2, 0) is 0 Å². The van der Waals surface area contributed by atoms with Crippen LogP contribution in [0.3, 0.4) is 0 Å². The molecule has 2 N–H and O–H groups in total. The predicted molar refractivity (Wildman–Crippen MR) is 61.8 cm³/mol. The van der Waals surface area contributed by atoms with E-state index in [1.165, 1.54) is 19.3 Å². The molecule has 1 saturated carbocycles. The zero-order valence-electron chi connectivity index (χ0n) is 9.98. The first-order valence-electron chi connectivity index (χ1n) is 5.65. The van der Waals surface area contributed by atoms with Gasteiger partial charge < -0.3 is 5.73 Å². The monoisotopic (exact) mass is 193 g/mol. The summed E-state index contributed by atoms with van der Waals surface area (Å²) in [7, 11) is 0. The molecule has 1 heteroatoms. The molecule has 1 rings (SSSR count). The van der Waals surface area contributed by atoms with Crippen molar-refractivity contribution in [3.8, 4) is 11.8 Å². The van der Waals surface area contributed by atoms with E-state index in [0.717, 1.165) is 6.42 Å². The third-order valence-electron chi connectivity index (χ3n) is 3.17. The van der Waals surface area contributed by atoms with Crippen LogP contribution in [0.1, 0.15) is 53.4 Å². The van der Waals surface area contributed by atoms with Gasteiger partial charge in [0.25, 0.3) is 0 Å². The largest absolute Gasteiger partial charge is 0.326 e. The molecule has 0 aromatic heterocycles. The number of hydrogen-bond acceptors (Lipinski definition) is 1. The summed E-state index contributed by atoms with van der Waals surface area (Å²) < 4.78 is 0. The zero-order valence-corrected chi connectivity index (χ0v) is 9.98. The minimum absolute atomic E-state index is 0.114. The van der Waals surface area contributed by atoms with E-state index >= 15 is 0 Å². The number of hydrogen-bond donors (Lipinski definition) is 1. The maximum absolute atomic E-state index is 6.15. The fourth-order valence-corrected chi connectivity index (χ4v) is 1.79. The van der Waals surface area contributed by atoms with E-state index in [2.05, 4.69) is 39.5 Å². The van der Waals surface area contributed by atoms with Gasteiger partial charge in [-0.1, -0.05) is 12.8 Å². The molecule has 0 saturated heterocycles. The second-order valence-corrected chi connectivity index (χ2v) is 5.58. The third kappa shape index (κ3) is 3.03. The first-order valence-corrected chi connectivity index (χ1v) is 5.65. The van der Waals surface area contributed by atoms with Crippen molar-refractivity contribution in [3.05, 3.63) is 0 Å². The van der Waals surface area contributed by atoms with Gasteiger partial charge in [0.1, 0.15) is 0 Å². The Hall–Kier alpha value is -0.480. The van der Waals surface area contributed by atoms with Crippen molar-refractivity contribution < 1.29 is 0 Å². The average molecular weight is 193 g/mol. The lowest BCUT2D eigenvalue weighted by atomic mass is 9.91. The Morgan fingerprint density at radius 1 is 1.36 bits per heavy atom. The van der Waals surface area contributed by atoms with Gasteiger partial charge >= 0.3 is 0 Å². The third-order valence-corrected chi connectivity index (χ3v) is 3.17. The normalized spacial score (nSPS) is 20.9. The highest BCUT2D eigenvalue weighted by Crippen LogP contribution is 2.51. The van der Waals surface area contributed by atoms with Gasteiger partial charge in [-0.2, -0.15) is 0 Å². The minimum atomic E-state index is 0.114. The maximum Gasteiger partial charge on any atom is 0.0246 e. The lowest BCUT2D eigenvalue weighted by molar-refractivity contribution is 0.389. The van der Waals surface area contributed by atoms with Crippen LogP contribution >= 0.6 is 0 Å². The van der Waals surface area contributed by atoms with Crippen molar-refractivity contribution in [2.75, 3.05) is 0 Å². The zero-order chi connectivity index (χ0) is 10.8. The molecule has 0 aromatic rings. The molecule has 80 valence electrons. The van der Waals surface area contributed by atoms with Gasteiger partial charge in [-0.15, -0.1) is 5.92 Å². The Kier molecular flexibility index (Phi) is 3.27. The van der Waals surface area contributed by atoms with Gasteiger partial charge in [-0.05, 0) is 45.4 Å². The summed E-state index contributed by atoms with van der Waals surface area (Å²) in [6, 6.07) is 0.294. The Morgan fingerprint density at radius 2 is 1.93 bits per heavy atom. The Morgan fingerprint density at radius 3 is 2.29 bits per heavy atom. The highest BCUT2D eigenvalue weighted by Gasteiger charge is 2.45. The molecule has 1 nitrogen and oxygen atoms in total. The fourth-order valence-electron chi connectivity index (χ4n) is 1.79. The van der Waals surface area contributed by atoms with Crippen molar-refractivity contribution in [2.45, 2.75) is 59.4 Å². The van der Waals surface area contributed by atoms with Gasteiger partial charge in [-0.3, -0.25) is 0 Å². The molecule has 1 atom stereocenters. The van der Waals surface area contributed by atoms with Crippen LogP contribution in [0.15, 0.2) is 0 Å². The Bertz CT molecular complexity index is 245. The van der Waals surface area contributed by atoms with Crippen LogP contribution in [0.2, 0.25) is 0 Å². The van der Waals surface area contributed by atoms with E-state index in [1.807, 2.05) is 0 Å². The summed E-state index contributed by atoms with van der Waals surface area (Å²) in [6.07, 6.45) is 4.69. The smallest absolute Gasteiger partial charge is 0.0246 e. The van der Waals surface area contributed by atoms with Gasteiger partial charge in [0.2, 0.25) is 0 Å². The average Bonchev–Trinajstić information content (AvgIpc) is 2.81. The Labute approximate surface area is 88.5 Å². The highest BCUT2D eigenvalue weighted by atomic mass is 14.7. The molecule has 1 fully saturated rings. The summed E-state index contributed by atoms with van der Waals surface area (Å²) >= 11 is 0. The van der Waals surface area contributed by atoms with E-state index in [0.29, 0.717) is 11.5 Å². The van der Waals surface area contributed by atoms with E-state index in [9.17, 15) is 0 Å². The summed E-state index contributed by atoms with van der Waals surface area (Å²) in [5.74, 6) is 6.48. The van der Waals surface area contributed by atoms with E-state index in [4.69, 9.17) is 5.73 Å². The fraction of sp³-hybridized carbons (Fsp3) is 0.846. The predicted octanol–water partition coefficient (Wildman–Crippen LogP) is 2.94. The molecule has 14 heavy (non-hydrogen) atoms. The first kappa shape index (κ1) is 11.6. The maximum atomic E-state index is 6.15. The standard InChI is InChI=1S/C13H23N/c1-5-13(9-10-13)11(14)7-6-8-12(2,3)4/h11H,5,7,9-10,14H2,1-4H3. The van der Waals surface area contributed by atoms with Crippen molar-refractivity contribution in [2.24, 2.45) is 16.6 Å². The van der Waals surface area contributed by atoms with Gasteiger partial charge in [0, 0.05) is 17.9 Å². The van der Waals surface area contributed by atoms with Crippen LogP contribution in [0.5, 0.6) is 0 Å². The quantitative estimate of drug-likeness (QED) is 0.685. The van der Waals surface area contributed by atoms with Gasteiger partial charge in [0.15, 0.2) is 0 Å². The van der Waals surface area contributed by atoms with Crippen molar-refractivity contribution in [3.63, 3.8) is 0 Å². The first-order chi connectivity index (χ1) is 6.40. The molecule has 0 heterocycles. The lowest BCUT2D eigenvalue weighted by Gasteiger charge is -2.19. The van der Waals surface area contributed by atoms with Crippen LogP contribution in [-0.4, -0.2) is 6.04 Å². The second-order valence-electron chi connectivity index (χ2n) is 5.58. The van der Waals surface area contributed by atoms with Crippen LogP contribution < -0.4 is 5.73 Å². The number of rotatable bonds is 3. The summed E-state index contributed by atoms with van der Waals surface area (Å²) in [6.45, 7) is 8.65. The molecule has 0 spiro atoms. The van der Waals surface area contributed by atoms with E-state index in [1.54, 1.807) is 0 Å². The van der Waals surface area contributed by atoms with E-state index in [-0.39, 0.29) is 5.41 Å². The van der Waals surface area contributed by atoms with Gasteiger partial charge in [-0.25, -0.2) is 0 Å².